The van der Waals surface area contributed by atoms with Gasteiger partial charge in [-0.1, -0.05) is 12.1 Å². The zero-order valence-corrected chi connectivity index (χ0v) is 18.6. The molecule has 0 radical (unpaired) electrons. The number of nitrogens with one attached hydrogen (secondary N) is 3. The lowest BCUT2D eigenvalue weighted by atomic mass is 10.1. The molecule has 0 unspecified atom stereocenters. The Morgan fingerprint density at radius 3 is 2.74 bits per heavy atom. The van der Waals surface area contributed by atoms with Crippen LogP contribution in [0.2, 0.25) is 0 Å². The average molecular weight is 487 g/mol. The van der Waals surface area contributed by atoms with Crippen LogP contribution in [0.4, 0.5) is 0 Å². The normalized spacial score (nSPS) is 11.0. The van der Waals surface area contributed by atoms with Gasteiger partial charge in [-0.2, -0.15) is 5.10 Å². The number of aromatic nitrogens is 2. The molecular weight excluding hydrogens is 457 g/mol. The Labute approximate surface area is 178 Å². The number of ether oxygens (including phenoxy) is 2. The third kappa shape index (κ3) is 8.61. The Hall–Kier alpha value is -1.81. The van der Waals surface area contributed by atoms with Crippen LogP contribution in [0.25, 0.3) is 0 Å². The number of halogens is 1. The maximum atomic E-state index is 5.88. The Kier molecular flexibility index (Phi) is 11.5. The number of aromatic amines is 1. The van der Waals surface area contributed by atoms with Gasteiger partial charge >= 0.3 is 0 Å². The van der Waals surface area contributed by atoms with E-state index in [0.29, 0.717) is 32.9 Å². The van der Waals surface area contributed by atoms with E-state index in [2.05, 4.69) is 44.9 Å². The molecule has 150 valence electrons. The second kappa shape index (κ2) is 13.4. The van der Waals surface area contributed by atoms with Crippen molar-refractivity contribution >= 4 is 29.9 Å². The molecule has 1 aromatic heterocycles. The minimum Gasteiger partial charge on any atom is -0.491 e. The minimum atomic E-state index is 0. The van der Waals surface area contributed by atoms with E-state index in [-0.39, 0.29) is 24.0 Å². The zero-order chi connectivity index (χ0) is 18.6. The number of aryl methyl sites for hydroxylation is 1. The van der Waals surface area contributed by atoms with Gasteiger partial charge in [-0.25, -0.2) is 4.99 Å². The third-order valence-electron chi connectivity index (χ3n) is 3.67. The topological polar surface area (TPSA) is 83.6 Å². The molecule has 8 heteroatoms. The molecule has 27 heavy (non-hydrogen) atoms. The Morgan fingerprint density at radius 2 is 2.04 bits per heavy atom. The van der Waals surface area contributed by atoms with E-state index in [1.807, 2.05) is 26.0 Å². The van der Waals surface area contributed by atoms with Crippen LogP contribution in [0.15, 0.2) is 35.5 Å². The summed E-state index contributed by atoms with van der Waals surface area (Å²) in [5, 5.41) is 13.4. The highest BCUT2D eigenvalue weighted by atomic mass is 127. The van der Waals surface area contributed by atoms with Crippen molar-refractivity contribution in [1.82, 2.24) is 20.8 Å². The molecule has 1 aromatic carbocycles. The van der Waals surface area contributed by atoms with Crippen molar-refractivity contribution in [2.24, 2.45) is 4.99 Å². The van der Waals surface area contributed by atoms with Gasteiger partial charge < -0.3 is 20.1 Å². The predicted molar refractivity (Wildman–Crippen MR) is 119 cm³/mol. The van der Waals surface area contributed by atoms with E-state index >= 15 is 0 Å². The molecule has 0 atom stereocenters. The highest BCUT2D eigenvalue weighted by Crippen LogP contribution is 2.21. The highest BCUT2D eigenvalue weighted by molar-refractivity contribution is 14.0. The van der Waals surface area contributed by atoms with Crippen LogP contribution in [0.3, 0.4) is 0 Å². The maximum absolute atomic E-state index is 5.88. The van der Waals surface area contributed by atoms with Gasteiger partial charge in [-0.15, -0.1) is 24.0 Å². The fourth-order valence-corrected chi connectivity index (χ4v) is 2.35. The van der Waals surface area contributed by atoms with E-state index in [9.17, 15) is 0 Å². The largest absolute Gasteiger partial charge is 0.491 e. The first-order chi connectivity index (χ1) is 12.7. The molecule has 7 nitrogen and oxygen atoms in total. The highest BCUT2D eigenvalue weighted by Gasteiger charge is 2.06. The fourth-order valence-electron chi connectivity index (χ4n) is 2.35. The van der Waals surface area contributed by atoms with Crippen LogP contribution in [0, 0.1) is 6.92 Å². The van der Waals surface area contributed by atoms with Crippen molar-refractivity contribution in [3.63, 3.8) is 0 Å². The number of H-pyrrole nitrogens is 1. The molecule has 1 heterocycles. The summed E-state index contributed by atoms with van der Waals surface area (Å²) in [6, 6.07) is 8.11. The van der Waals surface area contributed by atoms with Gasteiger partial charge in [0.15, 0.2) is 5.96 Å². The smallest absolute Gasteiger partial charge is 0.191 e. The van der Waals surface area contributed by atoms with Gasteiger partial charge in [0.2, 0.25) is 0 Å². The monoisotopic (exact) mass is 487 g/mol. The summed E-state index contributed by atoms with van der Waals surface area (Å²) in [5.41, 5.74) is 3.21. The first kappa shape index (κ1) is 23.2. The lowest BCUT2D eigenvalue weighted by molar-refractivity contribution is 0.110. The summed E-state index contributed by atoms with van der Waals surface area (Å²) in [5.74, 6) is 1.61. The summed E-state index contributed by atoms with van der Waals surface area (Å²) in [6.07, 6.45) is 1.74. The van der Waals surface area contributed by atoms with Gasteiger partial charge in [0.1, 0.15) is 12.4 Å². The van der Waals surface area contributed by atoms with E-state index in [1.165, 1.54) is 0 Å². The Morgan fingerprint density at radius 1 is 1.19 bits per heavy atom. The lowest BCUT2D eigenvalue weighted by Crippen LogP contribution is -2.36. The first-order valence-electron chi connectivity index (χ1n) is 9.03. The van der Waals surface area contributed by atoms with Crippen molar-refractivity contribution in [3.8, 4) is 5.75 Å². The zero-order valence-electron chi connectivity index (χ0n) is 16.2. The molecule has 0 bridgehead atoms. The van der Waals surface area contributed by atoms with E-state index < -0.39 is 0 Å². The summed E-state index contributed by atoms with van der Waals surface area (Å²) in [6.45, 7) is 9.85. The summed E-state index contributed by atoms with van der Waals surface area (Å²) in [7, 11) is 0. The number of guanidine groups is 1. The number of hydrogen-bond donors (Lipinski definition) is 3. The first-order valence-corrected chi connectivity index (χ1v) is 9.03. The molecule has 0 aliphatic carbocycles. The van der Waals surface area contributed by atoms with Crippen LogP contribution in [-0.4, -0.2) is 42.5 Å². The fraction of sp³-hybridized carbons (Fsp3) is 0.474. The molecule has 0 fully saturated rings. The van der Waals surface area contributed by atoms with Crippen molar-refractivity contribution < 1.29 is 9.47 Å². The van der Waals surface area contributed by atoms with E-state index in [1.54, 1.807) is 6.20 Å². The summed E-state index contributed by atoms with van der Waals surface area (Å²) in [4.78, 5) is 4.67. The van der Waals surface area contributed by atoms with E-state index in [0.717, 1.165) is 35.1 Å². The maximum Gasteiger partial charge on any atom is 0.191 e. The van der Waals surface area contributed by atoms with Crippen molar-refractivity contribution in [3.05, 3.63) is 47.3 Å². The summed E-state index contributed by atoms with van der Waals surface area (Å²) >= 11 is 0. The Bertz CT molecular complexity index is 677. The second-order valence-corrected chi connectivity index (χ2v) is 5.79. The second-order valence-electron chi connectivity index (χ2n) is 5.79. The number of aliphatic imine (C=N–C) groups is 1. The van der Waals surface area contributed by atoms with Crippen LogP contribution < -0.4 is 15.4 Å². The number of hydrogen-bond acceptors (Lipinski definition) is 4. The molecule has 0 aliphatic rings. The van der Waals surface area contributed by atoms with Crippen LogP contribution in [-0.2, 0) is 17.8 Å². The average Bonchev–Trinajstić information content (AvgIpc) is 3.16. The predicted octanol–water partition coefficient (Wildman–Crippen LogP) is 3.01. The quantitative estimate of drug-likeness (QED) is 0.208. The van der Waals surface area contributed by atoms with Gasteiger partial charge in [0, 0.05) is 24.9 Å². The molecule has 0 saturated carbocycles. The van der Waals surface area contributed by atoms with Crippen molar-refractivity contribution in [2.75, 3.05) is 26.4 Å². The van der Waals surface area contributed by atoms with Crippen molar-refractivity contribution in [2.45, 2.75) is 33.9 Å². The minimum absolute atomic E-state index is 0. The van der Waals surface area contributed by atoms with Crippen molar-refractivity contribution in [1.29, 1.82) is 0 Å². The number of nitrogens with zero attached hydrogens (tertiary/aromatic N) is 2. The Balaban J connectivity index is 0.00000364. The lowest BCUT2D eigenvalue weighted by Gasteiger charge is -2.13. The van der Waals surface area contributed by atoms with Gasteiger partial charge in [-0.3, -0.25) is 5.10 Å². The van der Waals surface area contributed by atoms with Crippen LogP contribution >= 0.6 is 24.0 Å². The molecule has 0 aliphatic heterocycles. The molecule has 0 spiro atoms. The number of benzene rings is 1. The van der Waals surface area contributed by atoms with Crippen LogP contribution in [0.5, 0.6) is 5.75 Å². The molecule has 0 amide bonds. The third-order valence-corrected chi connectivity index (χ3v) is 3.67. The van der Waals surface area contributed by atoms with Gasteiger partial charge in [0.25, 0.3) is 0 Å². The SMILES string of the molecule is CCNC(=NCc1ccc(C)cc1OCCOCC)NCc1ccn[nH]1.I. The molecule has 0 saturated heterocycles. The van der Waals surface area contributed by atoms with Crippen LogP contribution in [0.1, 0.15) is 30.7 Å². The van der Waals surface area contributed by atoms with Gasteiger partial charge in [-0.05, 0) is 38.5 Å². The standard InChI is InChI=1S/C19H29N5O2.HI/c1-4-20-19(22-14-17-8-9-23-24-17)21-13-16-7-6-15(3)12-18(16)26-11-10-25-5-2;/h6-9,12H,4-5,10-11,13-14H2,1-3H3,(H,23,24)(H2,20,21,22);1H. The van der Waals surface area contributed by atoms with E-state index in [4.69, 9.17) is 9.47 Å². The summed E-state index contributed by atoms with van der Waals surface area (Å²) < 4.78 is 11.2. The van der Waals surface area contributed by atoms with Gasteiger partial charge in [0.05, 0.1) is 25.4 Å². The molecule has 2 rings (SSSR count). The molecule has 2 aromatic rings. The molecular formula is C19H30IN5O2. The number of rotatable bonds is 10. The molecule has 3 N–H and O–H groups in total.